The van der Waals surface area contributed by atoms with E-state index in [-0.39, 0.29) is 17.6 Å². The monoisotopic (exact) mass is 390 g/mol. The van der Waals surface area contributed by atoms with Crippen molar-refractivity contribution in [3.63, 3.8) is 0 Å². The number of hydrogen-bond acceptors (Lipinski definition) is 5. The van der Waals surface area contributed by atoms with Crippen LogP contribution in [0.1, 0.15) is 46.5 Å². The fraction of sp³-hybridized carbons (Fsp3) is 0.500. The van der Waals surface area contributed by atoms with Crippen LogP contribution < -0.4 is 11.5 Å². The van der Waals surface area contributed by atoms with Crippen LogP contribution in [-0.4, -0.2) is 38.7 Å². The summed E-state index contributed by atoms with van der Waals surface area (Å²) in [7, 11) is 0. The average Bonchev–Trinajstić information content (AvgIpc) is 3.03. The predicted molar refractivity (Wildman–Crippen MR) is 112 cm³/mol. The minimum absolute atomic E-state index is 0.00549. The highest BCUT2D eigenvalue weighted by atomic mass is 32.1. The van der Waals surface area contributed by atoms with E-state index >= 15 is 0 Å². The Morgan fingerprint density at radius 3 is 2.33 bits per heavy atom. The van der Waals surface area contributed by atoms with E-state index in [0.29, 0.717) is 5.13 Å². The van der Waals surface area contributed by atoms with Crippen molar-refractivity contribution in [2.75, 3.05) is 5.73 Å². The number of benzene rings is 1. The molecule has 0 unspecified atom stereocenters. The highest BCUT2D eigenvalue weighted by molar-refractivity contribution is 7.13. The number of carbonyl (C=O) groups is 1. The molecule has 1 saturated carbocycles. The maximum absolute atomic E-state index is 11.3. The van der Waals surface area contributed by atoms with Crippen LogP contribution in [-0.2, 0) is 0 Å². The van der Waals surface area contributed by atoms with Gasteiger partial charge in [-0.1, -0.05) is 43.2 Å². The van der Waals surface area contributed by atoms with Crippen LogP contribution in [0.3, 0.4) is 0 Å². The van der Waals surface area contributed by atoms with Crippen molar-refractivity contribution in [3.05, 3.63) is 35.7 Å². The van der Waals surface area contributed by atoms with E-state index in [2.05, 4.69) is 4.98 Å². The molecule has 27 heavy (non-hydrogen) atoms. The first-order valence-electron chi connectivity index (χ1n) is 9.24. The number of nitrogens with two attached hydrogens (primary N) is 2. The van der Waals surface area contributed by atoms with Gasteiger partial charge in [-0.15, -0.1) is 11.3 Å². The van der Waals surface area contributed by atoms with E-state index in [1.54, 1.807) is 0 Å². The number of carboxylic acid groups (broad SMARTS) is 1. The Bertz CT molecular complexity index is 727. The molecule has 0 radical (unpaired) electrons. The van der Waals surface area contributed by atoms with Gasteiger partial charge in [0.05, 0.1) is 11.7 Å². The highest BCUT2D eigenvalue weighted by Gasteiger charge is 2.37. The van der Waals surface area contributed by atoms with E-state index in [1.165, 1.54) is 16.2 Å². The first-order valence-corrected chi connectivity index (χ1v) is 10.1. The van der Waals surface area contributed by atoms with Crippen molar-refractivity contribution in [3.8, 4) is 11.3 Å². The second kappa shape index (κ2) is 9.19. The molecule has 1 aliphatic rings. The molecule has 1 aliphatic carbocycles. The normalized spacial score (nSPS) is 19.7. The van der Waals surface area contributed by atoms with Crippen LogP contribution in [0.25, 0.3) is 11.3 Å². The van der Waals surface area contributed by atoms with E-state index < -0.39 is 6.09 Å². The summed E-state index contributed by atoms with van der Waals surface area (Å²) in [6.45, 7) is 5.76. The van der Waals surface area contributed by atoms with Gasteiger partial charge in [-0.3, -0.25) is 4.90 Å². The van der Waals surface area contributed by atoms with Gasteiger partial charge in [0, 0.05) is 22.5 Å². The molecule has 1 aromatic carbocycles. The van der Waals surface area contributed by atoms with Crippen LogP contribution in [0.5, 0.6) is 0 Å². The summed E-state index contributed by atoms with van der Waals surface area (Å²) in [6.07, 6.45) is 3.17. The zero-order valence-corrected chi connectivity index (χ0v) is 17.1. The van der Waals surface area contributed by atoms with E-state index in [1.807, 2.05) is 56.5 Å². The first kappa shape index (κ1) is 21.2. The molecule has 0 bridgehead atoms. The first-order chi connectivity index (χ1) is 12.7. The minimum Gasteiger partial charge on any atom is -0.465 e. The Morgan fingerprint density at radius 1 is 1.22 bits per heavy atom. The van der Waals surface area contributed by atoms with Crippen molar-refractivity contribution in [2.24, 2.45) is 5.73 Å². The largest absolute Gasteiger partial charge is 0.465 e. The molecule has 3 rings (SSSR count). The van der Waals surface area contributed by atoms with Crippen LogP contribution in [0.4, 0.5) is 9.93 Å². The summed E-state index contributed by atoms with van der Waals surface area (Å²) in [5, 5.41) is 11.8. The van der Waals surface area contributed by atoms with E-state index in [4.69, 9.17) is 11.5 Å². The molecule has 6 nitrogen and oxygen atoms in total. The van der Waals surface area contributed by atoms with Crippen LogP contribution in [0, 0.1) is 0 Å². The molecule has 1 amide bonds. The van der Waals surface area contributed by atoms with Gasteiger partial charge >= 0.3 is 6.09 Å². The number of nitrogen functional groups attached to an aromatic ring is 1. The van der Waals surface area contributed by atoms with Crippen molar-refractivity contribution in [1.82, 2.24) is 9.88 Å². The van der Waals surface area contributed by atoms with Gasteiger partial charge in [0.15, 0.2) is 5.13 Å². The van der Waals surface area contributed by atoms with Gasteiger partial charge in [-0.05, 0) is 33.6 Å². The van der Waals surface area contributed by atoms with Gasteiger partial charge in [-0.2, -0.15) is 0 Å². The summed E-state index contributed by atoms with van der Waals surface area (Å²) >= 11 is 1.47. The summed E-state index contributed by atoms with van der Waals surface area (Å²) in [5.41, 5.74) is 13.2. The zero-order valence-electron chi connectivity index (χ0n) is 16.3. The Kier molecular flexibility index (Phi) is 7.21. The lowest BCUT2D eigenvalue weighted by atomic mass is 9.87. The number of rotatable bonds is 2. The fourth-order valence-corrected chi connectivity index (χ4v) is 3.99. The lowest BCUT2D eigenvalue weighted by Gasteiger charge is -2.44. The van der Waals surface area contributed by atoms with Crippen LogP contribution in [0.15, 0.2) is 35.7 Å². The van der Waals surface area contributed by atoms with Crippen molar-refractivity contribution in [1.29, 1.82) is 0 Å². The number of aromatic nitrogens is 1. The molecule has 2 atom stereocenters. The quantitative estimate of drug-likeness (QED) is 0.703. The number of nitrogens with zero attached hydrogens (tertiary/aromatic N) is 2. The van der Waals surface area contributed by atoms with E-state index in [0.717, 1.165) is 36.9 Å². The number of amides is 1. The van der Waals surface area contributed by atoms with Gasteiger partial charge in [-0.25, -0.2) is 9.78 Å². The second-order valence-corrected chi connectivity index (χ2v) is 8.67. The lowest BCUT2D eigenvalue weighted by molar-refractivity contribution is 0.0491. The molecule has 1 aromatic heterocycles. The molecule has 0 aliphatic heterocycles. The predicted octanol–water partition coefficient (Wildman–Crippen LogP) is 4.43. The molecule has 0 spiro atoms. The SMILES string of the molecule is CC(C)(C)N(C(=O)O)[C@H]1CCCC[C@H]1N.Nc1nc(-c2ccccc2)cs1. The van der Waals surface area contributed by atoms with Crippen LogP contribution >= 0.6 is 11.3 Å². The maximum Gasteiger partial charge on any atom is 0.408 e. The minimum atomic E-state index is -0.857. The smallest absolute Gasteiger partial charge is 0.408 e. The molecule has 2 aromatic rings. The lowest BCUT2D eigenvalue weighted by Crippen LogP contribution is -2.58. The Balaban J connectivity index is 0.000000198. The summed E-state index contributed by atoms with van der Waals surface area (Å²) < 4.78 is 0. The van der Waals surface area contributed by atoms with Crippen molar-refractivity contribution >= 4 is 22.6 Å². The molecular weight excluding hydrogens is 360 g/mol. The molecule has 1 heterocycles. The zero-order chi connectivity index (χ0) is 20.0. The number of thiazole rings is 1. The Labute approximate surface area is 165 Å². The number of hydrogen-bond donors (Lipinski definition) is 3. The van der Waals surface area contributed by atoms with Gasteiger partial charge in [0.25, 0.3) is 0 Å². The summed E-state index contributed by atoms with van der Waals surface area (Å²) in [6, 6.07) is 9.99. The average molecular weight is 391 g/mol. The number of anilines is 1. The molecule has 7 heteroatoms. The second-order valence-electron chi connectivity index (χ2n) is 7.78. The van der Waals surface area contributed by atoms with Crippen molar-refractivity contribution in [2.45, 2.75) is 64.1 Å². The van der Waals surface area contributed by atoms with Crippen LogP contribution in [0.2, 0.25) is 0 Å². The third-order valence-corrected chi connectivity index (χ3v) is 5.31. The molecule has 0 saturated heterocycles. The molecule has 5 N–H and O–H groups in total. The Morgan fingerprint density at radius 2 is 1.85 bits per heavy atom. The molecule has 1 fully saturated rings. The summed E-state index contributed by atoms with van der Waals surface area (Å²) in [5.74, 6) is 0. The maximum atomic E-state index is 11.3. The van der Waals surface area contributed by atoms with Crippen molar-refractivity contribution < 1.29 is 9.90 Å². The Hall–Kier alpha value is -2.12. The standard InChI is InChI=1S/C11H22N2O2.C9H8N2S/c1-11(2,3)13(10(14)15)9-7-5-4-6-8(9)12;10-9-11-8(6-12-9)7-4-2-1-3-5-7/h8-9H,4-7,12H2,1-3H3,(H,14,15);1-6H,(H2,10,11)/t8-,9+;/m1./s1. The van der Waals surface area contributed by atoms with Gasteiger partial charge in [0.2, 0.25) is 0 Å². The van der Waals surface area contributed by atoms with Gasteiger partial charge in [0.1, 0.15) is 0 Å². The highest BCUT2D eigenvalue weighted by Crippen LogP contribution is 2.27. The summed E-state index contributed by atoms with van der Waals surface area (Å²) in [4.78, 5) is 17.0. The topological polar surface area (TPSA) is 105 Å². The third kappa shape index (κ3) is 5.94. The third-order valence-electron chi connectivity index (χ3n) is 4.63. The fourth-order valence-electron chi connectivity index (χ4n) is 3.42. The molecular formula is C20H30N4O2S. The van der Waals surface area contributed by atoms with E-state index in [9.17, 15) is 9.90 Å². The molecule has 148 valence electrons. The van der Waals surface area contributed by atoms with Gasteiger partial charge < -0.3 is 16.6 Å².